The van der Waals surface area contributed by atoms with E-state index in [1.807, 2.05) is 29.7 Å². The number of carboxylic acid groups (broad SMARTS) is 1. The first-order valence-corrected chi connectivity index (χ1v) is 6.59. The van der Waals surface area contributed by atoms with Crippen molar-refractivity contribution in [3.63, 3.8) is 0 Å². The molecule has 0 atom stereocenters. The zero-order valence-corrected chi connectivity index (χ0v) is 11.4. The zero-order chi connectivity index (χ0) is 13.8. The molecule has 0 radical (unpaired) electrons. The molecular weight excluding hydrogens is 238 g/mol. The molecule has 1 heterocycles. The van der Waals surface area contributed by atoms with Crippen LogP contribution in [0.5, 0.6) is 0 Å². The van der Waals surface area contributed by atoms with E-state index in [1.165, 1.54) is 5.56 Å². The van der Waals surface area contributed by atoms with Gasteiger partial charge < -0.3 is 9.67 Å². The fourth-order valence-electron chi connectivity index (χ4n) is 2.40. The number of aromatic nitrogens is 1. The van der Waals surface area contributed by atoms with Crippen molar-refractivity contribution in [3.05, 3.63) is 58.9 Å². The number of nitrogens with zero attached hydrogens (tertiary/aromatic N) is 1. The highest BCUT2D eigenvalue weighted by Crippen LogP contribution is 2.20. The smallest absolute Gasteiger partial charge is 0.352 e. The van der Waals surface area contributed by atoms with Gasteiger partial charge in [0.15, 0.2) is 0 Å². The van der Waals surface area contributed by atoms with Crippen molar-refractivity contribution in [2.45, 2.75) is 33.2 Å². The van der Waals surface area contributed by atoms with Gasteiger partial charge in [-0.1, -0.05) is 37.3 Å². The Kier molecular flexibility index (Phi) is 4.05. The lowest BCUT2D eigenvalue weighted by Crippen LogP contribution is -2.11. The predicted molar refractivity (Wildman–Crippen MR) is 75.7 cm³/mol. The number of aromatic carboxylic acids is 1. The van der Waals surface area contributed by atoms with E-state index in [-0.39, 0.29) is 0 Å². The molecule has 19 heavy (non-hydrogen) atoms. The van der Waals surface area contributed by atoms with Gasteiger partial charge in [0, 0.05) is 18.7 Å². The van der Waals surface area contributed by atoms with E-state index < -0.39 is 5.97 Å². The molecule has 0 spiro atoms. The molecule has 0 fully saturated rings. The fourth-order valence-corrected chi connectivity index (χ4v) is 2.40. The van der Waals surface area contributed by atoms with Gasteiger partial charge in [0.25, 0.3) is 0 Å². The van der Waals surface area contributed by atoms with Crippen molar-refractivity contribution in [2.24, 2.45) is 0 Å². The minimum absolute atomic E-state index is 0.394. The first-order chi connectivity index (χ1) is 9.13. The van der Waals surface area contributed by atoms with Crippen LogP contribution in [0.1, 0.15) is 40.7 Å². The summed E-state index contributed by atoms with van der Waals surface area (Å²) >= 11 is 0. The summed E-state index contributed by atoms with van der Waals surface area (Å²) < 4.78 is 1.94. The summed E-state index contributed by atoms with van der Waals surface area (Å²) in [6.07, 6.45) is 1.70. The minimum atomic E-state index is -0.851. The largest absolute Gasteiger partial charge is 0.477 e. The molecule has 100 valence electrons. The number of aryl methyl sites for hydroxylation is 1. The summed E-state index contributed by atoms with van der Waals surface area (Å²) in [5, 5.41) is 9.28. The third-order valence-corrected chi connectivity index (χ3v) is 3.31. The van der Waals surface area contributed by atoms with Crippen molar-refractivity contribution in [1.82, 2.24) is 4.57 Å². The van der Waals surface area contributed by atoms with Gasteiger partial charge in [-0.05, 0) is 30.5 Å². The van der Waals surface area contributed by atoms with Crippen LogP contribution >= 0.6 is 0 Å². The Morgan fingerprint density at radius 3 is 2.53 bits per heavy atom. The third-order valence-electron chi connectivity index (χ3n) is 3.31. The monoisotopic (exact) mass is 257 g/mol. The normalized spacial score (nSPS) is 10.6. The minimum Gasteiger partial charge on any atom is -0.477 e. The fraction of sp³-hybridized carbons (Fsp3) is 0.312. The van der Waals surface area contributed by atoms with E-state index in [0.29, 0.717) is 5.69 Å². The topological polar surface area (TPSA) is 42.2 Å². The van der Waals surface area contributed by atoms with E-state index in [4.69, 9.17) is 0 Å². The van der Waals surface area contributed by atoms with E-state index >= 15 is 0 Å². The molecule has 2 rings (SSSR count). The van der Waals surface area contributed by atoms with Gasteiger partial charge in [0.05, 0.1) is 0 Å². The van der Waals surface area contributed by atoms with Crippen LogP contribution in [-0.2, 0) is 13.0 Å². The molecule has 0 unspecified atom stereocenters. The first kappa shape index (κ1) is 13.4. The van der Waals surface area contributed by atoms with E-state index in [2.05, 4.69) is 19.1 Å². The average Bonchev–Trinajstić information content (AvgIpc) is 2.70. The lowest BCUT2D eigenvalue weighted by Gasteiger charge is -2.11. The van der Waals surface area contributed by atoms with Crippen LogP contribution in [0.4, 0.5) is 0 Å². The highest BCUT2D eigenvalue weighted by molar-refractivity contribution is 5.86. The van der Waals surface area contributed by atoms with Gasteiger partial charge in [0.2, 0.25) is 0 Å². The van der Waals surface area contributed by atoms with Gasteiger partial charge in [-0.25, -0.2) is 4.79 Å². The Morgan fingerprint density at radius 2 is 1.95 bits per heavy atom. The van der Waals surface area contributed by atoms with Gasteiger partial charge in [-0.3, -0.25) is 0 Å². The molecule has 1 aromatic carbocycles. The number of benzene rings is 1. The number of hydrogen-bond acceptors (Lipinski definition) is 1. The lowest BCUT2D eigenvalue weighted by molar-refractivity contribution is 0.0684. The zero-order valence-electron chi connectivity index (χ0n) is 11.4. The number of rotatable bonds is 5. The highest BCUT2D eigenvalue weighted by atomic mass is 16.4. The molecule has 0 amide bonds. The van der Waals surface area contributed by atoms with Crippen molar-refractivity contribution in [1.29, 1.82) is 0 Å². The molecule has 3 heteroatoms. The maximum atomic E-state index is 11.3. The molecule has 0 saturated heterocycles. The second kappa shape index (κ2) is 5.74. The predicted octanol–water partition coefficient (Wildman–Crippen LogP) is 3.50. The number of hydrogen-bond donors (Lipinski definition) is 1. The van der Waals surface area contributed by atoms with Crippen LogP contribution < -0.4 is 0 Å². The maximum Gasteiger partial charge on any atom is 0.352 e. The highest BCUT2D eigenvalue weighted by Gasteiger charge is 2.16. The lowest BCUT2D eigenvalue weighted by atomic mass is 10.1. The van der Waals surface area contributed by atoms with E-state index in [1.54, 1.807) is 6.07 Å². The standard InChI is InChI=1S/C16H19NO2/c1-3-9-17-14(11-13-7-5-4-6-8-13)12(2)10-15(17)16(18)19/h4-8,10H,3,9,11H2,1-2H3,(H,18,19). The molecule has 0 aliphatic rings. The van der Waals surface area contributed by atoms with Crippen LogP contribution in [0.2, 0.25) is 0 Å². The molecule has 3 nitrogen and oxygen atoms in total. The van der Waals surface area contributed by atoms with Crippen molar-refractivity contribution < 1.29 is 9.90 Å². The second-order valence-electron chi connectivity index (χ2n) is 4.78. The number of carboxylic acids is 1. The third kappa shape index (κ3) is 2.87. The van der Waals surface area contributed by atoms with Gasteiger partial charge >= 0.3 is 5.97 Å². The van der Waals surface area contributed by atoms with Crippen LogP contribution in [0, 0.1) is 6.92 Å². The first-order valence-electron chi connectivity index (χ1n) is 6.59. The van der Waals surface area contributed by atoms with Crippen molar-refractivity contribution in [3.8, 4) is 0 Å². The summed E-state index contributed by atoms with van der Waals surface area (Å²) in [4.78, 5) is 11.3. The molecule has 0 bridgehead atoms. The molecular formula is C16H19NO2. The van der Waals surface area contributed by atoms with Crippen LogP contribution in [0.25, 0.3) is 0 Å². The van der Waals surface area contributed by atoms with Crippen LogP contribution in [0.3, 0.4) is 0 Å². The van der Waals surface area contributed by atoms with Crippen LogP contribution in [-0.4, -0.2) is 15.6 Å². The summed E-state index contributed by atoms with van der Waals surface area (Å²) in [6.45, 7) is 4.79. The quantitative estimate of drug-likeness (QED) is 0.890. The van der Waals surface area contributed by atoms with Gasteiger partial charge in [-0.15, -0.1) is 0 Å². The van der Waals surface area contributed by atoms with E-state index in [9.17, 15) is 9.90 Å². The summed E-state index contributed by atoms with van der Waals surface area (Å²) in [7, 11) is 0. The second-order valence-corrected chi connectivity index (χ2v) is 4.78. The van der Waals surface area contributed by atoms with Crippen molar-refractivity contribution >= 4 is 5.97 Å². The maximum absolute atomic E-state index is 11.3. The van der Waals surface area contributed by atoms with E-state index in [0.717, 1.165) is 30.6 Å². The summed E-state index contributed by atoms with van der Waals surface area (Å²) in [6, 6.07) is 11.9. The molecule has 0 aliphatic carbocycles. The van der Waals surface area contributed by atoms with Gasteiger partial charge in [-0.2, -0.15) is 0 Å². The average molecular weight is 257 g/mol. The molecule has 1 aromatic heterocycles. The summed E-state index contributed by atoms with van der Waals surface area (Å²) in [5.41, 5.74) is 3.75. The Bertz CT molecular complexity index is 570. The molecule has 1 N–H and O–H groups in total. The molecule has 0 saturated carbocycles. The van der Waals surface area contributed by atoms with Gasteiger partial charge in [0.1, 0.15) is 5.69 Å². The van der Waals surface area contributed by atoms with Crippen LogP contribution in [0.15, 0.2) is 36.4 Å². The Hall–Kier alpha value is -2.03. The molecule has 2 aromatic rings. The Labute approximate surface area is 113 Å². The molecule has 0 aliphatic heterocycles. The summed E-state index contributed by atoms with van der Waals surface area (Å²) in [5.74, 6) is -0.851. The Balaban J connectivity index is 2.41. The Morgan fingerprint density at radius 1 is 1.26 bits per heavy atom. The van der Waals surface area contributed by atoms with Crippen molar-refractivity contribution in [2.75, 3.05) is 0 Å². The number of carbonyl (C=O) groups is 1. The SMILES string of the molecule is CCCn1c(C(=O)O)cc(C)c1Cc1ccccc1.